The highest BCUT2D eigenvalue weighted by Gasteiger charge is 2.09. The zero-order valence-corrected chi connectivity index (χ0v) is 17.1. The minimum Gasteiger partial charge on any atom is -0.362 e. The Kier molecular flexibility index (Phi) is 5.22. The second-order valence-corrected chi connectivity index (χ2v) is 7.61. The number of carbonyl (C=O) groups excluding carboxylic acids is 1. The molecule has 0 amide bonds. The van der Waals surface area contributed by atoms with Crippen LogP contribution in [0.1, 0.15) is 42.6 Å². The van der Waals surface area contributed by atoms with Crippen molar-refractivity contribution in [2.45, 2.75) is 33.2 Å². The molecule has 3 heteroatoms. The number of allylic oxidation sites excluding steroid dienone is 1. The molecule has 29 heavy (non-hydrogen) atoms. The third-order valence-corrected chi connectivity index (χ3v) is 5.44. The number of rotatable bonds is 6. The van der Waals surface area contributed by atoms with Crippen LogP contribution in [0.2, 0.25) is 0 Å². The molecule has 1 heterocycles. The minimum atomic E-state index is -0.00327. The number of hydrogen-bond donors (Lipinski definition) is 1. The van der Waals surface area contributed by atoms with Crippen LogP contribution in [0.5, 0.6) is 0 Å². The molecule has 0 aliphatic carbocycles. The first-order valence-electron chi connectivity index (χ1n) is 10.2. The van der Waals surface area contributed by atoms with Crippen LogP contribution < -0.4 is 5.32 Å². The fourth-order valence-corrected chi connectivity index (χ4v) is 3.83. The van der Waals surface area contributed by atoms with Crippen molar-refractivity contribution in [2.24, 2.45) is 0 Å². The topological polar surface area (TPSA) is 34.0 Å². The van der Waals surface area contributed by atoms with E-state index in [0.717, 1.165) is 12.2 Å². The number of carbonyl (C=O) groups is 1. The van der Waals surface area contributed by atoms with Gasteiger partial charge in [0.25, 0.3) is 0 Å². The fourth-order valence-electron chi connectivity index (χ4n) is 3.83. The maximum absolute atomic E-state index is 12.4. The molecule has 0 fully saturated rings. The molecule has 4 aromatic rings. The van der Waals surface area contributed by atoms with Gasteiger partial charge in [-0.2, -0.15) is 0 Å². The van der Waals surface area contributed by atoms with Gasteiger partial charge >= 0.3 is 0 Å². The first kappa shape index (κ1) is 19.0. The average Bonchev–Trinajstić information content (AvgIpc) is 3.07. The van der Waals surface area contributed by atoms with Gasteiger partial charge in [-0.1, -0.05) is 56.3 Å². The van der Waals surface area contributed by atoms with Crippen LogP contribution in [-0.4, -0.2) is 10.4 Å². The van der Waals surface area contributed by atoms with Gasteiger partial charge in [-0.15, -0.1) is 0 Å². The van der Waals surface area contributed by atoms with Gasteiger partial charge < -0.3 is 9.88 Å². The monoisotopic (exact) mass is 382 g/mol. The van der Waals surface area contributed by atoms with Gasteiger partial charge in [-0.25, -0.2) is 0 Å². The van der Waals surface area contributed by atoms with E-state index in [1.807, 2.05) is 24.3 Å². The summed E-state index contributed by atoms with van der Waals surface area (Å²) in [5.74, 6) is 0.460. The summed E-state index contributed by atoms with van der Waals surface area (Å²) in [6.45, 7) is 7.39. The third-order valence-electron chi connectivity index (χ3n) is 5.44. The van der Waals surface area contributed by atoms with Crippen LogP contribution in [0, 0.1) is 0 Å². The van der Waals surface area contributed by atoms with Crippen molar-refractivity contribution in [3.8, 4) is 0 Å². The highest BCUT2D eigenvalue weighted by molar-refractivity contribution is 6.09. The van der Waals surface area contributed by atoms with Crippen LogP contribution in [0.25, 0.3) is 21.8 Å². The second-order valence-electron chi connectivity index (χ2n) is 7.61. The van der Waals surface area contributed by atoms with E-state index in [-0.39, 0.29) is 5.78 Å². The molecule has 1 aromatic heterocycles. The highest BCUT2D eigenvalue weighted by Crippen LogP contribution is 2.31. The van der Waals surface area contributed by atoms with Gasteiger partial charge in [0.05, 0.1) is 0 Å². The molecule has 3 aromatic carbocycles. The average molecular weight is 383 g/mol. The van der Waals surface area contributed by atoms with Crippen LogP contribution in [0.3, 0.4) is 0 Å². The molecule has 3 nitrogen and oxygen atoms in total. The van der Waals surface area contributed by atoms with E-state index in [9.17, 15) is 4.79 Å². The number of fused-ring (bicyclic) bond motifs is 3. The molecule has 0 radical (unpaired) electrons. The largest absolute Gasteiger partial charge is 0.362 e. The van der Waals surface area contributed by atoms with Gasteiger partial charge in [0.1, 0.15) is 0 Å². The van der Waals surface area contributed by atoms with Gasteiger partial charge in [0, 0.05) is 51.9 Å². The third kappa shape index (κ3) is 3.68. The summed E-state index contributed by atoms with van der Waals surface area (Å²) in [5, 5.41) is 5.72. The first-order chi connectivity index (χ1) is 14.1. The molecule has 0 saturated heterocycles. The lowest BCUT2D eigenvalue weighted by Crippen LogP contribution is -1.97. The molecule has 0 aliphatic heterocycles. The summed E-state index contributed by atoms with van der Waals surface area (Å²) >= 11 is 0. The highest BCUT2D eigenvalue weighted by atomic mass is 16.1. The minimum absolute atomic E-state index is 0.00327. The Balaban J connectivity index is 1.55. The van der Waals surface area contributed by atoms with Crippen molar-refractivity contribution < 1.29 is 4.79 Å². The lowest BCUT2D eigenvalue weighted by Gasteiger charge is -2.05. The Labute approximate surface area is 171 Å². The van der Waals surface area contributed by atoms with E-state index in [1.54, 1.807) is 12.3 Å². The molecule has 0 spiro atoms. The number of anilines is 1. The fraction of sp³-hybridized carbons (Fsp3) is 0.192. The van der Waals surface area contributed by atoms with Crippen LogP contribution in [0.15, 0.2) is 79.0 Å². The Hall–Kier alpha value is -3.33. The summed E-state index contributed by atoms with van der Waals surface area (Å²) in [7, 11) is 0. The summed E-state index contributed by atoms with van der Waals surface area (Å²) in [6, 6.07) is 22.7. The summed E-state index contributed by atoms with van der Waals surface area (Å²) in [4.78, 5) is 12.4. The smallest absolute Gasteiger partial charge is 0.187 e. The van der Waals surface area contributed by atoms with Crippen molar-refractivity contribution in [1.82, 2.24) is 4.57 Å². The number of nitrogens with zero attached hydrogens (tertiary/aromatic N) is 1. The molecular formula is C26H26N2O. The first-order valence-corrected chi connectivity index (χ1v) is 10.2. The quantitative estimate of drug-likeness (QED) is 0.296. The van der Waals surface area contributed by atoms with Crippen LogP contribution in [0.4, 0.5) is 5.69 Å². The van der Waals surface area contributed by atoms with E-state index in [1.165, 1.54) is 27.4 Å². The Morgan fingerprint density at radius 3 is 2.41 bits per heavy atom. The summed E-state index contributed by atoms with van der Waals surface area (Å²) in [5.41, 5.74) is 5.38. The maximum Gasteiger partial charge on any atom is 0.187 e. The number of para-hydroxylation sites is 1. The number of aryl methyl sites for hydroxylation is 1. The lowest BCUT2D eigenvalue weighted by molar-refractivity contribution is 0.104. The summed E-state index contributed by atoms with van der Waals surface area (Å²) in [6.07, 6.45) is 3.31. The zero-order chi connectivity index (χ0) is 20.4. The van der Waals surface area contributed by atoms with E-state index in [2.05, 4.69) is 73.1 Å². The number of nitrogens with one attached hydrogen (secondary N) is 1. The number of benzene rings is 3. The van der Waals surface area contributed by atoms with Gasteiger partial charge in [0.2, 0.25) is 0 Å². The predicted octanol–water partition coefficient (Wildman–Crippen LogP) is 6.75. The van der Waals surface area contributed by atoms with Gasteiger partial charge in [0.15, 0.2) is 5.78 Å². The zero-order valence-electron chi connectivity index (χ0n) is 17.1. The lowest BCUT2D eigenvalue weighted by atomic mass is 10.0. The molecule has 1 N–H and O–H groups in total. The van der Waals surface area contributed by atoms with Crippen LogP contribution >= 0.6 is 0 Å². The molecule has 0 unspecified atom stereocenters. The number of hydrogen-bond acceptors (Lipinski definition) is 2. The molecule has 0 bridgehead atoms. The van der Waals surface area contributed by atoms with E-state index < -0.39 is 0 Å². The molecule has 0 atom stereocenters. The van der Waals surface area contributed by atoms with Crippen LogP contribution in [-0.2, 0) is 6.54 Å². The van der Waals surface area contributed by atoms with Crippen molar-refractivity contribution >= 4 is 33.3 Å². The Morgan fingerprint density at radius 2 is 1.69 bits per heavy atom. The van der Waals surface area contributed by atoms with E-state index in [0.29, 0.717) is 11.5 Å². The molecule has 0 aliphatic rings. The second kappa shape index (κ2) is 7.96. The Morgan fingerprint density at radius 1 is 0.966 bits per heavy atom. The maximum atomic E-state index is 12.4. The van der Waals surface area contributed by atoms with E-state index >= 15 is 0 Å². The molecular weight excluding hydrogens is 356 g/mol. The Bertz CT molecular complexity index is 1200. The molecule has 0 saturated carbocycles. The number of aromatic nitrogens is 1. The normalized spacial score (nSPS) is 11.7. The molecule has 146 valence electrons. The van der Waals surface area contributed by atoms with Crippen molar-refractivity contribution in [3.05, 3.63) is 90.1 Å². The van der Waals surface area contributed by atoms with E-state index in [4.69, 9.17) is 0 Å². The summed E-state index contributed by atoms with van der Waals surface area (Å²) < 4.78 is 2.33. The SMILES string of the molecule is CCn1c2ccccc2c2cc(NC=CC(=O)c3ccc(C(C)C)cc3)ccc21. The standard InChI is InChI=1S/C26H26N2O/c1-4-28-24-8-6-5-7-22(24)23-17-21(13-14-25(23)28)27-16-15-26(29)20-11-9-19(10-12-20)18(2)3/h5-18,27H,4H2,1-3H3. The van der Waals surface area contributed by atoms with Gasteiger partial charge in [-0.05, 0) is 42.7 Å². The van der Waals surface area contributed by atoms with Crippen molar-refractivity contribution in [3.63, 3.8) is 0 Å². The molecule has 4 rings (SSSR count). The van der Waals surface area contributed by atoms with Crippen molar-refractivity contribution in [1.29, 1.82) is 0 Å². The number of ketones is 1. The van der Waals surface area contributed by atoms with Crippen molar-refractivity contribution in [2.75, 3.05) is 5.32 Å². The predicted molar refractivity (Wildman–Crippen MR) is 123 cm³/mol. The van der Waals surface area contributed by atoms with Gasteiger partial charge in [-0.3, -0.25) is 4.79 Å².